The minimum atomic E-state index is -2.62. The molecule has 0 aliphatic heterocycles. The molecule has 3 nitrogen and oxygen atoms in total. The molecule has 18 heavy (non-hydrogen) atoms. The predicted octanol–water partition coefficient (Wildman–Crippen LogP) is 3.47. The second-order valence-electron chi connectivity index (χ2n) is 3.07. The molecule has 0 fully saturated rings. The SMILES string of the molecule is CC.Cc1[c-]cc(-c2ccn(C(F)F)n2)nc1.[Y]. The van der Waals surface area contributed by atoms with E-state index in [1.807, 2.05) is 20.8 Å². The first-order chi connectivity index (χ1) is 8.16. The van der Waals surface area contributed by atoms with Crippen molar-refractivity contribution in [1.82, 2.24) is 14.8 Å². The van der Waals surface area contributed by atoms with Gasteiger partial charge in [-0.25, -0.2) is 4.68 Å². The molecule has 2 heterocycles. The maximum absolute atomic E-state index is 12.2. The normalized spacial score (nSPS) is 9.44. The van der Waals surface area contributed by atoms with Crippen LogP contribution < -0.4 is 0 Å². The number of alkyl halides is 2. The van der Waals surface area contributed by atoms with Crippen molar-refractivity contribution in [2.24, 2.45) is 0 Å². The number of hydrogen-bond acceptors (Lipinski definition) is 2. The van der Waals surface area contributed by atoms with Crippen LogP contribution in [0, 0.1) is 13.0 Å². The molecule has 0 aliphatic rings. The molecule has 0 aliphatic carbocycles. The molecule has 0 bridgehead atoms. The Labute approximate surface area is 130 Å². The van der Waals surface area contributed by atoms with Crippen LogP contribution in [0.4, 0.5) is 8.78 Å². The van der Waals surface area contributed by atoms with Crippen molar-refractivity contribution in [1.29, 1.82) is 0 Å². The van der Waals surface area contributed by atoms with Gasteiger partial charge in [-0.2, -0.15) is 19.9 Å². The van der Waals surface area contributed by atoms with Crippen LogP contribution in [-0.2, 0) is 32.7 Å². The Morgan fingerprint density at radius 2 is 1.94 bits per heavy atom. The smallest absolute Gasteiger partial charge is 0.333 e. The third-order valence-corrected chi connectivity index (χ3v) is 1.90. The fraction of sp³-hybridized carbons (Fsp3) is 0.333. The molecule has 0 atom stereocenters. The van der Waals surface area contributed by atoms with Crippen LogP contribution in [0.25, 0.3) is 11.4 Å². The van der Waals surface area contributed by atoms with Gasteiger partial charge in [0, 0.05) is 38.9 Å². The first-order valence-electron chi connectivity index (χ1n) is 5.35. The van der Waals surface area contributed by atoms with Crippen molar-refractivity contribution in [2.45, 2.75) is 27.3 Å². The van der Waals surface area contributed by atoms with Gasteiger partial charge < -0.3 is 4.98 Å². The van der Waals surface area contributed by atoms with Crippen LogP contribution in [-0.4, -0.2) is 14.8 Å². The fourth-order valence-corrected chi connectivity index (χ4v) is 1.15. The third kappa shape index (κ3) is 4.54. The number of rotatable bonds is 2. The Morgan fingerprint density at radius 3 is 2.39 bits per heavy atom. The average Bonchev–Trinajstić information content (AvgIpc) is 2.82. The average molecular weight is 327 g/mol. The zero-order valence-corrected chi connectivity index (χ0v) is 13.4. The largest absolute Gasteiger partial charge is 0.381 e. The summed E-state index contributed by atoms with van der Waals surface area (Å²) in [5, 5.41) is 3.69. The molecule has 0 saturated heterocycles. The molecular weight excluding hydrogens is 313 g/mol. The van der Waals surface area contributed by atoms with Gasteiger partial charge in [0.1, 0.15) is 0 Å². The molecule has 0 aromatic carbocycles. The number of hydrogen-bond donors (Lipinski definition) is 0. The summed E-state index contributed by atoms with van der Waals surface area (Å²) in [5.41, 5.74) is 1.86. The minimum Gasteiger partial charge on any atom is -0.381 e. The van der Waals surface area contributed by atoms with Gasteiger partial charge in [0.05, 0.1) is 5.69 Å². The Morgan fingerprint density at radius 1 is 1.28 bits per heavy atom. The molecule has 1 radical (unpaired) electrons. The van der Waals surface area contributed by atoms with E-state index in [4.69, 9.17) is 0 Å². The molecule has 0 spiro atoms. The number of aromatic nitrogens is 3. The van der Waals surface area contributed by atoms with E-state index in [-0.39, 0.29) is 32.7 Å². The van der Waals surface area contributed by atoms with E-state index in [1.54, 1.807) is 12.3 Å². The second kappa shape index (κ2) is 8.43. The van der Waals surface area contributed by atoms with E-state index in [0.717, 1.165) is 5.56 Å². The van der Waals surface area contributed by atoms with Crippen molar-refractivity contribution >= 4 is 0 Å². The van der Waals surface area contributed by atoms with Gasteiger partial charge >= 0.3 is 6.55 Å². The summed E-state index contributed by atoms with van der Waals surface area (Å²) in [4.78, 5) is 4.07. The molecule has 2 aromatic rings. The van der Waals surface area contributed by atoms with E-state index in [0.29, 0.717) is 16.1 Å². The van der Waals surface area contributed by atoms with Gasteiger partial charge in [-0.15, -0.1) is 11.6 Å². The topological polar surface area (TPSA) is 30.7 Å². The van der Waals surface area contributed by atoms with Crippen molar-refractivity contribution in [2.75, 3.05) is 0 Å². The third-order valence-electron chi connectivity index (χ3n) is 1.90. The van der Waals surface area contributed by atoms with Crippen LogP contribution in [0.2, 0.25) is 0 Å². The Bertz CT molecular complexity index is 455. The second-order valence-corrected chi connectivity index (χ2v) is 3.07. The van der Waals surface area contributed by atoms with Crippen LogP contribution in [0.1, 0.15) is 26.0 Å². The van der Waals surface area contributed by atoms with Crippen molar-refractivity contribution in [3.63, 3.8) is 0 Å². The molecule has 0 amide bonds. The Kier molecular flexibility index (Phi) is 8.11. The standard InChI is InChI=1S/C10H8F2N3.C2H6.Y/c1-7-2-3-8(13-6-7)9-4-5-15(14-9)10(11)12;1-2;/h3-6,10H,1H3;1-2H3;/q-1;;. The van der Waals surface area contributed by atoms with Gasteiger partial charge in [-0.3, -0.25) is 0 Å². The van der Waals surface area contributed by atoms with Gasteiger partial charge in [-0.1, -0.05) is 27.0 Å². The molecule has 6 heteroatoms. The summed E-state index contributed by atoms with van der Waals surface area (Å²) in [5.74, 6) is 0. The van der Waals surface area contributed by atoms with Gasteiger partial charge in [0.2, 0.25) is 0 Å². The minimum absolute atomic E-state index is 0. The van der Waals surface area contributed by atoms with Gasteiger partial charge in [-0.05, 0) is 11.8 Å². The Balaban J connectivity index is 0.000000917. The molecule has 0 unspecified atom stereocenters. The molecule has 0 N–H and O–H groups in total. The maximum atomic E-state index is 12.2. The quantitative estimate of drug-likeness (QED) is 0.791. The van der Waals surface area contributed by atoms with E-state index in [2.05, 4.69) is 16.1 Å². The summed E-state index contributed by atoms with van der Waals surface area (Å²) < 4.78 is 25.1. The Hall–Kier alpha value is -0.676. The van der Waals surface area contributed by atoms with Crippen molar-refractivity contribution in [3.8, 4) is 11.4 Å². The zero-order valence-electron chi connectivity index (χ0n) is 10.6. The monoisotopic (exact) mass is 327 g/mol. The van der Waals surface area contributed by atoms with Crippen LogP contribution >= 0.6 is 0 Å². The molecule has 0 saturated carbocycles. The summed E-state index contributed by atoms with van der Waals surface area (Å²) in [6.45, 7) is 3.24. The maximum Gasteiger partial charge on any atom is 0.333 e. The van der Waals surface area contributed by atoms with Crippen molar-refractivity contribution < 1.29 is 41.5 Å². The number of nitrogens with zero attached hydrogens (tertiary/aromatic N) is 3. The number of aryl methyl sites for hydroxylation is 1. The van der Waals surface area contributed by atoms with Gasteiger partial charge in [0.15, 0.2) is 0 Å². The van der Waals surface area contributed by atoms with Crippen molar-refractivity contribution in [3.05, 3.63) is 36.2 Å². The zero-order chi connectivity index (χ0) is 12.8. The van der Waals surface area contributed by atoms with E-state index >= 15 is 0 Å². The molecular formula is C12H14F2N3Y-. The molecule has 2 rings (SSSR count). The first kappa shape index (κ1) is 17.3. The van der Waals surface area contributed by atoms with E-state index in [9.17, 15) is 8.78 Å². The van der Waals surface area contributed by atoms with Crippen LogP contribution in [0.15, 0.2) is 24.5 Å². The summed E-state index contributed by atoms with van der Waals surface area (Å²) in [6.07, 6.45) is 2.85. The summed E-state index contributed by atoms with van der Waals surface area (Å²) in [6, 6.07) is 6.07. The first-order valence-corrected chi connectivity index (χ1v) is 5.35. The fourth-order valence-electron chi connectivity index (χ4n) is 1.15. The van der Waals surface area contributed by atoms with E-state index < -0.39 is 6.55 Å². The van der Waals surface area contributed by atoms with Crippen LogP contribution in [0.3, 0.4) is 0 Å². The summed E-state index contributed by atoms with van der Waals surface area (Å²) >= 11 is 0. The molecule has 2 aromatic heterocycles. The summed E-state index contributed by atoms with van der Waals surface area (Å²) in [7, 11) is 0. The number of pyridine rings is 1. The predicted molar refractivity (Wildman–Crippen MR) is 61.6 cm³/mol. The van der Waals surface area contributed by atoms with E-state index in [1.165, 1.54) is 12.3 Å². The molecule has 95 valence electrons. The van der Waals surface area contributed by atoms with Gasteiger partial charge in [0.25, 0.3) is 0 Å². The van der Waals surface area contributed by atoms with Crippen LogP contribution in [0.5, 0.6) is 0 Å². The number of halogens is 2.